The zero-order chi connectivity index (χ0) is 18.1. The van der Waals surface area contributed by atoms with Gasteiger partial charge >= 0.3 is 0 Å². The minimum atomic E-state index is 0.344. The van der Waals surface area contributed by atoms with Gasteiger partial charge in [0, 0.05) is 23.9 Å². The summed E-state index contributed by atoms with van der Waals surface area (Å²) in [5.74, 6) is 1.94. The molecule has 0 radical (unpaired) electrons. The highest BCUT2D eigenvalue weighted by molar-refractivity contribution is 5.92. The first kappa shape index (κ1) is 18.6. The molecule has 134 valence electrons. The number of benzene rings is 2. The van der Waals surface area contributed by atoms with E-state index in [9.17, 15) is 0 Å². The van der Waals surface area contributed by atoms with Crippen LogP contribution >= 0.6 is 0 Å². The first-order chi connectivity index (χ1) is 12.1. The Labute approximate surface area is 149 Å². The van der Waals surface area contributed by atoms with E-state index >= 15 is 0 Å². The summed E-state index contributed by atoms with van der Waals surface area (Å²) in [4.78, 5) is 6.48. The second kappa shape index (κ2) is 9.54. The maximum atomic E-state index is 5.99. The fourth-order valence-corrected chi connectivity index (χ4v) is 2.17. The topological polar surface area (TPSA) is 72.1 Å². The predicted octanol–water partition coefficient (Wildman–Crippen LogP) is 2.56. The Kier molecular flexibility index (Phi) is 7.10. The SMILES string of the molecule is COc1cccc(NC(N)=NCc2ccccc2OCCN(C)C)c1. The van der Waals surface area contributed by atoms with Crippen molar-refractivity contribution in [3.63, 3.8) is 0 Å². The van der Waals surface area contributed by atoms with Crippen LogP contribution in [0.2, 0.25) is 0 Å². The molecule has 2 aromatic carbocycles. The zero-order valence-corrected chi connectivity index (χ0v) is 15.0. The molecule has 0 aliphatic carbocycles. The lowest BCUT2D eigenvalue weighted by Crippen LogP contribution is -2.22. The summed E-state index contributed by atoms with van der Waals surface area (Å²) in [6.45, 7) is 1.93. The lowest BCUT2D eigenvalue weighted by Gasteiger charge is -2.13. The van der Waals surface area contributed by atoms with Crippen LogP contribution in [0, 0.1) is 0 Å². The van der Waals surface area contributed by atoms with Crippen molar-refractivity contribution in [2.45, 2.75) is 6.54 Å². The van der Waals surface area contributed by atoms with Gasteiger partial charge in [0.1, 0.15) is 18.1 Å². The number of likely N-dealkylation sites (N-methyl/N-ethyl adjacent to an activating group) is 1. The Balaban J connectivity index is 1.97. The van der Waals surface area contributed by atoms with Crippen molar-refractivity contribution >= 4 is 11.6 Å². The lowest BCUT2D eigenvalue weighted by atomic mass is 10.2. The van der Waals surface area contributed by atoms with Crippen LogP contribution in [0.15, 0.2) is 53.5 Å². The largest absolute Gasteiger partial charge is 0.497 e. The predicted molar refractivity (Wildman–Crippen MR) is 102 cm³/mol. The number of para-hydroxylation sites is 1. The average molecular weight is 342 g/mol. The van der Waals surface area contributed by atoms with E-state index in [1.165, 1.54) is 0 Å². The minimum absolute atomic E-state index is 0.344. The molecule has 0 spiro atoms. The normalized spacial score (nSPS) is 11.4. The Hall–Kier alpha value is -2.73. The van der Waals surface area contributed by atoms with Crippen molar-refractivity contribution in [1.29, 1.82) is 0 Å². The number of aliphatic imine (C=N–C) groups is 1. The van der Waals surface area contributed by atoms with Gasteiger partial charge < -0.3 is 25.4 Å². The standard InChI is InChI=1S/C19H26N4O2/c1-23(2)11-12-25-18-10-5-4-7-15(18)14-21-19(20)22-16-8-6-9-17(13-16)24-3/h4-10,13H,11-12,14H2,1-3H3,(H3,20,21,22). The van der Waals surface area contributed by atoms with Gasteiger partial charge in [-0.25, -0.2) is 4.99 Å². The summed E-state index contributed by atoms with van der Waals surface area (Å²) in [7, 11) is 5.67. The fourth-order valence-electron chi connectivity index (χ4n) is 2.17. The second-order valence-corrected chi connectivity index (χ2v) is 5.82. The van der Waals surface area contributed by atoms with Gasteiger partial charge in [-0.05, 0) is 32.3 Å². The molecule has 0 saturated carbocycles. The van der Waals surface area contributed by atoms with Gasteiger partial charge in [-0.2, -0.15) is 0 Å². The van der Waals surface area contributed by atoms with Gasteiger partial charge in [-0.1, -0.05) is 24.3 Å². The summed E-state index contributed by atoms with van der Waals surface area (Å²) < 4.78 is 11.0. The number of rotatable bonds is 8. The summed E-state index contributed by atoms with van der Waals surface area (Å²) in [5.41, 5.74) is 7.81. The van der Waals surface area contributed by atoms with Crippen molar-refractivity contribution in [3.05, 3.63) is 54.1 Å². The lowest BCUT2D eigenvalue weighted by molar-refractivity contribution is 0.259. The first-order valence-corrected chi connectivity index (χ1v) is 8.15. The number of hydrogen-bond acceptors (Lipinski definition) is 4. The molecule has 0 unspecified atom stereocenters. The van der Waals surface area contributed by atoms with Crippen LogP contribution in [0.4, 0.5) is 5.69 Å². The minimum Gasteiger partial charge on any atom is -0.497 e. The Morgan fingerprint density at radius 3 is 2.72 bits per heavy atom. The molecule has 2 aromatic rings. The molecule has 6 heteroatoms. The molecule has 0 heterocycles. The van der Waals surface area contributed by atoms with E-state index in [2.05, 4.69) is 15.2 Å². The Morgan fingerprint density at radius 1 is 1.16 bits per heavy atom. The van der Waals surface area contributed by atoms with Gasteiger partial charge in [0.15, 0.2) is 5.96 Å². The van der Waals surface area contributed by atoms with Gasteiger partial charge in [-0.15, -0.1) is 0 Å². The number of guanidine groups is 1. The van der Waals surface area contributed by atoms with Crippen LogP contribution < -0.4 is 20.5 Å². The summed E-state index contributed by atoms with van der Waals surface area (Å²) in [6.07, 6.45) is 0. The van der Waals surface area contributed by atoms with E-state index in [0.717, 1.165) is 29.3 Å². The summed E-state index contributed by atoms with van der Waals surface area (Å²) in [5, 5.41) is 3.06. The van der Waals surface area contributed by atoms with Gasteiger partial charge in [0.25, 0.3) is 0 Å². The molecular formula is C19H26N4O2. The Bertz CT molecular complexity index is 701. The third-order valence-electron chi connectivity index (χ3n) is 3.53. The highest BCUT2D eigenvalue weighted by Gasteiger charge is 2.04. The third kappa shape index (κ3) is 6.35. The van der Waals surface area contributed by atoms with Gasteiger partial charge in [0.05, 0.1) is 13.7 Å². The van der Waals surface area contributed by atoms with Crippen molar-refractivity contribution in [1.82, 2.24) is 4.90 Å². The van der Waals surface area contributed by atoms with E-state index in [1.807, 2.05) is 62.6 Å². The molecule has 0 fully saturated rings. The first-order valence-electron chi connectivity index (χ1n) is 8.15. The van der Waals surface area contributed by atoms with E-state index in [4.69, 9.17) is 15.2 Å². The van der Waals surface area contributed by atoms with Crippen LogP contribution in [-0.4, -0.2) is 45.2 Å². The van der Waals surface area contributed by atoms with Crippen LogP contribution in [0.25, 0.3) is 0 Å². The molecule has 0 aliphatic heterocycles. The molecular weight excluding hydrogens is 316 g/mol. The van der Waals surface area contributed by atoms with E-state index in [-0.39, 0.29) is 0 Å². The van der Waals surface area contributed by atoms with E-state index < -0.39 is 0 Å². The average Bonchev–Trinajstić information content (AvgIpc) is 2.61. The molecule has 0 aromatic heterocycles. The Morgan fingerprint density at radius 2 is 1.96 bits per heavy atom. The molecule has 0 saturated heterocycles. The molecule has 0 bridgehead atoms. The van der Waals surface area contributed by atoms with Crippen molar-refractivity contribution in [2.75, 3.05) is 39.7 Å². The number of hydrogen-bond donors (Lipinski definition) is 2. The van der Waals surface area contributed by atoms with Crippen molar-refractivity contribution < 1.29 is 9.47 Å². The highest BCUT2D eigenvalue weighted by Crippen LogP contribution is 2.19. The maximum Gasteiger partial charge on any atom is 0.193 e. The van der Waals surface area contributed by atoms with Gasteiger partial charge in [0.2, 0.25) is 0 Å². The van der Waals surface area contributed by atoms with Gasteiger partial charge in [-0.3, -0.25) is 0 Å². The van der Waals surface area contributed by atoms with Crippen LogP contribution in [-0.2, 0) is 6.54 Å². The molecule has 25 heavy (non-hydrogen) atoms. The monoisotopic (exact) mass is 342 g/mol. The van der Waals surface area contributed by atoms with E-state index in [0.29, 0.717) is 19.1 Å². The quantitative estimate of drug-likeness (QED) is 0.570. The molecule has 2 rings (SSSR count). The van der Waals surface area contributed by atoms with Crippen LogP contribution in [0.1, 0.15) is 5.56 Å². The summed E-state index contributed by atoms with van der Waals surface area (Å²) >= 11 is 0. The maximum absolute atomic E-state index is 5.99. The third-order valence-corrected chi connectivity index (χ3v) is 3.53. The smallest absolute Gasteiger partial charge is 0.193 e. The van der Waals surface area contributed by atoms with Crippen molar-refractivity contribution in [2.24, 2.45) is 10.7 Å². The van der Waals surface area contributed by atoms with Crippen LogP contribution in [0.5, 0.6) is 11.5 Å². The molecule has 0 amide bonds. The molecule has 3 N–H and O–H groups in total. The highest BCUT2D eigenvalue weighted by atomic mass is 16.5. The number of anilines is 1. The fraction of sp³-hybridized carbons (Fsp3) is 0.316. The van der Waals surface area contributed by atoms with Crippen molar-refractivity contribution in [3.8, 4) is 11.5 Å². The molecule has 0 aliphatic rings. The number of ether oxygens (including phenoxy) is 2. The van der Waals surface area contributed by atoms with Crippen LogP contribution in [0.3, 0.4) is 0 Å². The second-order valence-electron chi connectivity index (χ2n) is 5.82. The summed E-state index contributed by atoms with van der Waals surface area (Å²) in [6, 6.07) is 15.4. The zero-order valence-electron chi connectivity index (χ0n) is 15.0. The molecule has 6 nitrogen and oxygen atoms in total. The molecule has 0 atom stereocenters. The van der Waals surface area contributed by atoms with E-state index in [1.54, 1.807) is 7.11 Å². The number of nitrogens with two attached hydrogens (primary N) is 1. The number of nitrogens with zero attached hydrogens (tertiary/aromatic N) is 2. The number of nitrogens with one attached hydrogen (secondary N) is 1. The number of methoxy groups -OCH3 is 1.